The van der Waals surface area contributed by atoms with Gasteiger partial charge in [0.1, 0.15) is 0 Å². The first-order chi connectivity index (χ1) is 13.0. The van der Waals surface area contributed by atoms with Crippen molar-refractivity contribution >= 4 is 0 Å². The molecular formula is C24H36O3. The maximum absolute atomic E-state index is 10.5. The molecule has 7 atom stereocenters. The highest BCUT2D eigenvalue weighted by molar-refractivity contribution is 5.28. The van der Waals surface area contributed by atoms with Gasteiger partial charge >= 0.3 is 0 Å². The van der Waals surface area contributed by atoms with Crippen molar-refractivity contribution in [2.75, 3.05) is 6.61 Å². The zero-order valence-corrected chi connectivity index (χ0v) is 17.1. The first-order valence-corrected chi connectivity index (χ1v) is 11.4. The standard InChI is InChI=1S/C24H36O3/c1-23-12-10-17(27-22-5-3-4-14-26-22)15-16(23)6-7-18-19-8-9-21(25)24(19,2)13-11-20(18)23/h6,9,17-20,22,25H,3-5,7-8,10-15H2,1-2H3/t17?,18-,19-,20-,22?,23-,24-/m0/s1. The smallest absolute Gasteiger partial charge is 0.157 e. The lowest BCUT2D eigenvalue weighted by molar-refractivity contribution is -0.195. The van der Waals surface area contributed by atoms with E-state index in [0.717, 1.165) is 44.1 Å². The van der Waals surface area contributed by atoms with Gasteiger partial charge in [-0.1, -0.05) is 25.5 Å². The number of rotatable bonds is 2. The number of aliphatic hydroxyl groups is 1. The van der Waals surface area contributed by atoms with Crippen molar-refractivity contribution in [2.24, 2.45) is 28.6 Å². The summed E-state index contributed by atoms with van der Waals surface area (Å²) in [5.41, 5.74) is 2.05. The summed E-state index contributed by atoms with van der Waals surface area (Å²) < 4.78 is 12.2. The van der Waals surface area contributed by atoms with E-state index < -0.39 is 0 Å². The van der Waals surface area contributed by atoms with Crippen LogP contribution in [-0.4, -0.2) is 24.1 Å². The van der Waals surface area contributed by atoms with E-state index in [4.69, 9.17) is 9.47 Å². The Labute approximate surface area is 164 Å². The molecule has 0 aromatic rings. The average molecular weight is 373 g/mol. The lowest BCUT2D eigenvalue weighted by Crippen LogP contribution is -2.50. The summed E-state index contributed by atoms with van der Waals surface area (Å²) >= 11 is 0. The molecule has 150 valence electrons. The van der Waals surface area contributed by atoms with Gasteiger partial charge in [0.05, 0.1) is 11.9 Å². The Balaban J connectivity index is 1.32. The van der Waals surface area contributed by atoms with Gasteiger partial charge in [0, 0.05) is 12.0 Å². The minimum absolute atomic E-state index is 0.0352. The van der Waals surface area contributed by atoms with Crippen LogP contribution in [0.15, 0.2) is 23.5 Å². The van der Waals surface area contributed by atoms with Crippen LogP contribution >= 0.6 is 0 Å². The lowest BCUT2D eigenvalue weighted by atomic mass is 9.48. The maximum Gasteiger partial charge on any atom is 0.157 e. The molecular weight excluding hydrogens is 336 g/mol. The first-order valence-electron chi connectivity index (χ1n) is 11.4. The molecule has 1 saturated heterocycles. The first kappa shape index (κ1) is 18.2. The number of allylic oxidation sites excluding steroid dienone is 3. The third kappa shape index (κ3) is 2.83. The van der Waals surface area contributed by atoms with Gasteiger partial charge in [0.2, 0.25) is 0 Å². The van der Waals surface area contributed by atoms with Crippen molar-refractivity contribution < 1.29 is 14.6 Å². The van der Waals surface area contributed by atoms with E-state index in [1.54, 1.807) is 5.57 Å². The Morgan fingerprint density at radius 3 is 2.67 bits per heavy atom. The summed E-state index contributed by atoms with van der Waals surface area (Å²) in [4.78, 5) is 0. The molecule has 3 nitrogen and oxygen atoms in total. The van der Waals surface area contributed by atoms with Crippen LogP contribution in [0.1, 0.15) is 78.1 Å². The summed E-state index contributed by atoms with van der Waals surface area (Å²) in [5, 5.41) is 10.5. The van der Waals surface area contributed by atoms with Crippen molar-refractivity contribution in [2.45, 2.75) is 90.4 Å². The van der Waals surface area contributed by atoms with Crippen LogP contribution in [0.25, 0.3) is 0 Å². The molecule has 0 amide bonds. The fraction of sp³-hybridized carbons (Fsp3) is 0.833. The van der Waals surface area contributed by atoms with Gasteiger partial charge in [0.25, 0.3) is 0 Å². The van der Waals surface area contributed by atoms with Gasteiger partial charge < -0.3 is 14.6 Å². The van der Waals surface area contributed by atoms with Gasteiger partial charge in [0.15, 0.2) is 6.29 Å². The van der Waals surface area contributed by atoms with E-state index >= 15 is 0 Å². The average Bonchev–Trinajstić information content (AvgIpc) is 2.98. The Kier molecular flexibility index (Phi) is 4.48. The second-order valence-corrected chi connectivity index (χ2v) is 10.3. The minimum atomic E-state index is 0.0352. The van der Waals surface area contributed by atoms with Crippen molar-refractivity contribution in [3.05, 3.63) is 23.5 Å². The summed E-state index contributed by atoms with van der Waals surface area (Å²) in [7, 11) is 0. The Morgan fingerprint density at radius 1 is 1.00 bits per heavy atom. The lowest BCUT2D eigenvalue weighted by Gasteiger charge is -2.57. The second-order valence-electron chi connectivity index (χ2n) is 10.3. The van der Waals surface area contributed by atoms with Crippen LogP contribution < -0.4 is 0 Å². The SMILES string of the molecule is C[C@]12CCC(OC3CCCCO3)CC1=CC[C@@H]1[C@@H]2CC[C@]2(C)C(O)=CC[C@@H]12. The predicted octanol–water partition coefficient (Wildman–Crippen LogP) is 5.91. The fourth-order valence-corrected chi connectivity index (χ4v) is 7.32. The van der Waals surface area contributed by atoms with Gasteiger partial charge in [-0.2, -0.15) is 0 Å². The largest absolute Gasteiger partial charge is 0.512 e. The third-order valence-corrected chi connectivity index (χ3v) is 9.08. The minimum Gasteiger partial charge on any atom is -0.512 e. The molecule has 0 radical (unpaired) electrons. The van der Waals surface area contributed by atoms with Crippen LogP contribution in [0.3, 0.4) is 0 Å². The van der Waals surface area contributed by atoms with E-state index in [1.165, 1.54) is 38.5 Å². The van der Waals surface area contributed by atoms with E-state index in [0.29, 0.717) is 23.2 Å². The molecule has 5 aliphatic rings. The molecule has 27 heavy (non-hydrogen) atoms. The molecule has 4 aliphatic carbocycles. The molecule has 1 heterocycles. The zero-order valence-electron chi connectivity index (χ0n) is 17.1. The fourth-order valence-electron chi connectivity index (χ4n) is 7.32. The monoisotopic (exact) mass is 372 g/mol. The molecule has 0 spiro atoms. The second kappa shape index (κ2) is 6.62. The van der Waals surface area contributed by atoms with Crippen LogP contribution in [0, 0.1) is 28.6 Å². The number of hydrogen-bond donors (Lipinski definition) is 1. The van der Waals surface area contributed by atoms with Gasteiger partial charge in [-0.15, -0.1) is 0 Å². The number of ether oxygens (including phenoxy) is 2. The molecule has 5 rings (SSSR count). The quantitative estimate of drug-likeness (QED) is 0.612. The van der Waals surface area contributed by atoms with E-state index in [9.17, 15) is 5.11 Å². The highest BCUT2D eigenvalue weighted by Crippen LogP contribution is 2.64. The van der Waals surface area contributed by atoms with Gasteiger partial charge in [-0.3, -0.25) is 0 Å². The Hall–Kier alpha value is -0.800. The number of hydrogen-bond acceptors (Lipinski definition) is 3. The summed E-state index contributed by atoms with van der Waals surface area (Å²) in [6.07, 6.45) is 16.8. The molecule has 2 saturated carbocycles. The van der Waals surface area contributed by atoms with Crippen molar-refractivity contribution in [1.29, 1.82) is 0 Å². The zero-order chi connectivity index (χ0) is 18.6. The molecule has 0 aromatic carbocycles. The summed E-state index contributed by atoms with van der Waals surface area (Å²) in [6.45, 7) is 5.71. The highest BCUT2D eigenvalue weighted by Gasteiger charge is 2.57. The highest BCUT2D eigenvalue weighted by atomic mass is 16.7. The van der Waals surface area contributed by atoms with E-state index in [2.05, 4.69) is 26.0 Å². The molecule has 2 unspecified atom stereocenters. The van der Waals surface area contributed by atoms with Gasteiger partial charge in [-0.05, 0) is 93.5 Å². The molecule has 3 heteroatoms. The number of aliphatic hydroxyl groups excluding tert-OH is 1. The van der Waals surface area contributed by atoms with Crippen molar-refractivity contribution in [3.63, 3.8) is 0 Å². The van der Waals surface area contributed by atoms with Crippen LogP contribution in [0.2, 0.25) is 0 Å². The van der Waals surface area contributed by atoms with Crippen molar-refractivity contribution in [3.8, 4) is 0 Å². The third-order valence-electron chi connectivity index (χ3n) is 9.08. The normalized spacial score (nSPS) is 49.5. The van der Waals surface area contributed by atoms with Crippen LogP contribution in [0.4, 0.5) is 0 Å². The van der Waals surface area contributed by atoms with Gasteiger partial charge in [-0.25, -0.2) is 0 Å². The van der Waals surface area contributed by atoms with E-state index in [1.807, 2.05) is 0 Å². The Morgan fingerprint density at radius 2 is 1.85 bits per heavy atom. The maximum atomic E-state index is 10.5. The van der Waals surface area contributed by atoms with Crippen LogP contribution in [0.5, 0.6) is 0 Å². The summed E-state index contributed by atoms with van der Waals surface area (Å²) in [6, 6.07) is 0. The Bertz CT molecular complexity index is 646. The van der Waals surface area contributed by atoms with E-state index in [-0.39, 0.29) is 11.7 Å². The summed E-state index contributed by atoms with van der Waals surface area (Å²) in [5.74, 6) is 2.82. The molecule has 0 aromatic heterocycles. The van der Waals surface area contributed by atoms with Crippen LogP contribution in [-0.2, 0) is 9.47 Å². The number of fused-ring (bicyclic) bond motifs is 5. The molecule has 1 aliphatic heterocycles. The molecule has 3 fully saturated rings. The molecule has 1 N–H and O–H groups in total. The topological polar surface area (TPSA) is 38.7 Å². The predicted molar refractivity (Wildman–Crippen MR) is 106 cm³/mol. The molecule has 0 bridgehead atoms. The van der Waals surface area contributed by atoms with Crippen molar-refractivity contribution in [1.82, 2.24) is 0 Å².